The number of hydrogen-bond donors (Lipinski definition) is 2. The molecule has 2 N–H and O–H groups in total. The molecule has 1 aliphatic rings. The Morgan fingerprint density at radius 3 is 2.80 bits per heavy atom. The van der Waals surface area contributed by atoms with Crippen LogP contribution in [0.25, 0.3) is 0 Å². The van der Waals surface area contributed by atoms with E-state index in [4.69, 9.17) is 0 Å². The van der Waals surface area contributed by atoms with Crippen molar-refractivity contribution in [3.05, 3.63) is 17.0 Å². The van der Waals surface area contributed by atoms with Crippen molar-refractivity contribution in [1.29, 1.82) is 0 Å². The molecule has 0 bridgehead atoms. The molecule has 0 aliphatic heterocycles. The molecule has 0 aromatic carbocycles. The van der Waals surface area contributed by atoms with Gasteiger partial charge in [0.2, 0.25) is 10.0 Å². The number of thiophene rings is 1. The first kappa shape index (κ1) is 15.9. The van der Waals surface area contributed by atoms with Crippen molar-refractivity contribution in [2.24, 2.45) is 5.92 Å². The monoisotopic (exact) mass is 316 g/mol. The van der Waals surface area contributed by atoms with E-state index in [2.05, 4.69) is 23.9 Å². The summed E-state index contributed by atoms with van der Waals surface area (Å²) in [5.74, 6) is 0.625. The van der Waals surface area contributed by atoms with Crippen LogP contribution < -0.4 is 10.0 Å². The van der Waals surface area contributed by atoms with Gasteiger partial charge in [-0.1, -0.05) is 13.8 Å². The van der Waals surface area contributed by atoms with Gasteiger partial charge in [-0.2, -0.15) is 0 Å². The van der Waals surface area contributed by atoms with E-state index >= 15 is 0 Å². The summed E-state index contributed by atoms with van der Waals surface area (Å²) in [6.45, 7) is 5.99. The van der Waals surface area contributed by atoms with Crippen molar-refractivity contribution < 1.29 is 8.42 Å². The van der Waals surface area contributed by atoms with Crippen LogP contribution in [0.5, 0.6) is 0 Å². The minimum absolute atomic E-state index is 0.110. The van der Waals surface area contributed by atoms with Crippen molar-refractivity contribution in [2.75, 3.05) is 6.54 Å². The van der Waals surface area contributed by atoms with Gasteiger partial charge >= 0.3 is 0 Å². The zero-order chi connectivity index (χ0) is 14.6. The van der Waals surface area contributed by atoms with Crippen LogP contribution in [0.1, 0.15) is 44.4 Å². The molecule has 0 spiro atoms. The Morgan fingerprint density at radius 2 is 2.15 bits per heavy atom. The fraction of sp³-hybridized carbons (Fsp3) is 0.714. The summed E-state index contributed by atoms with van der Waals surface area (Å²) >= 11 is 1.36. The lowest BCUT2D eigenvalue weighted by Gasteiger charge is -2.11. The Labute approximate surface area is 126 Å². The van der Waals surface area contributed by atoms with Crippen LogP contribution in [0.2, 0.25) is 0 Å². The van der Waals surface area contributed by atoms with Crippen LogP contribution in [0.15, 0.2) is 16.3 Å². The lowest BCUT2D eigenvalue weighted by atomic mass is 10.1. The van der Waals surface area contributed by atoms with Gasteiger partial charge in [-0.05, 0) is 50.3 Å². The van der Waals surface area contributed by atoms with Gasteiger partial charge in [0.05, 0.1) is 0 Å². The minimum Gasteiger partial charge on any atom is -0.312 e. The number of nitrogens with one attached hydrogen (secondary N) is 2. The summed E-state index contributed by atoms with van der Waals surface area (Å²) in [6, 6.07) is 3.73. The molecule has 2 unspecified atom stereocenters. The average molecular weight is 316 g/mol. The molecule has 1 aliphatic carbocycles. The molecule has 2 atom stereocenters. The van der Waals surface area contributed by atoms with Gasteiger partial charge in [0.1, 0.15) is 4.21 Å². The van der Waals surface area contributed by atoms with Gasteiger partial charge in [-0.3, -0.25) is 0 Å². The molecule has 1 saturated carbocycles. The van der Waals surface area contributed by atoms with Crippen molar-refractivity contribution >= 4 is 21.4 Å². The van der Waals surface area contributed by atoms with Crippen LogP contribution >= 0.6 is 11.3 Å². The number of rotatable bonds is 7. The molecular formula is C14H24N2O2S2. The molecule has 4 nitrogen and oxygen atoms in total. The molecule has 1 fully saturated rings. The molecule has 1 heterocycles. The third-order valence-electron chi connectivity index (χ3n) is 3.64. The van der Waals surface area contributed by atoms with E-state index in [0.717, 1.165) is 43.6 Å². The quantitative estimate of drug-likeness (QED) is 0.761. The molecule has 0 amide bonds. The van der Waals surface area contributed by atoms with E-state index < -0.39 is 10.0 Å². The maximum Gasteiger partial charge on any atom is 0.250 e. The van der Waals surface area contributed by atoms with Crippen molar-refractivity contribution in [3.8, 4) is 0 Å². The maximum atomic E-state index is 12.3. The highest BCUT2D eigenvalue weighted by atomic mass is 32.2. The topological polar surface area (TPSA) is 58.2 Å². The van der Waals surface area contributed by atoms with E-state index in [9.17, 15) is 8.42 Å². The molecule has 1 aromatic heterocycles. The smallest absolute Gasteiger partial charge is 0.250 e. The second kappa shape index (κ2) is 7.02. The molecule has 20 heavy (non-hydrogen) atoms. The highest BCUT2D eigenvalue weighted by Crippen LogP contribution is 2.27. The maximum absolute atomic E-state index is 12.3. The average Bonchev–Trinajstić information content (AvgIpc) is 2.99. The van der Waals surface area contributed by atoms with Gasteiger partial charge in [0.15, 0.2) is 0 Å². The van der Waals surface area contributed by atoms with Gasteiger partial charge in [0.25, 0.3) is 0 Å². The number of sulfonamides is 1. The minimum atomic E-state index is -3.34. The zero-order valence-corrected chi connectivity index (χ0v) is 13.8. The largest absolute Gasteiger partial charge is 0.312 e. The summed E-state index contributed by atoms with van der Waals surface area (Å²) < 4.78 is 27.9. The SMILES string of the molecule is CCCNCc1ccc(S(=O)(=O)NC2CCC(C)C2)s1. The predicted molar refractivity (Wildman–Crippen MR) is 83.4 cm³/mol. The van der Waals surface area contributed by atoms with E-state index in [1.54, 1.807) is 6.07 Å². The summed E-state index contributed by atoms with van der Waals surface area (Å²) in [4.78, 5) is 1.07. The van der Waals surface area contributed by atoms with Crippen molar-refractivity contribution in [2.45, 2.75) is 56.3 Å². The first-order valence-electron chi connectivity index (χ1n) is 7.33. The Balaban J connectivity index is 1.95. The van der Waals surface area contributed by atoms with Crippen LogP contribution in [0.4, 0.5) is 0 Å². The van der Waals surface area contributed by atoms with Gasteiger partial charge in [-0.15, -0.1) is 11.3 Å². The lowest BCUT2D eigenvalue weighted by molar-refractivity contribution is 0.540. The summed E-state index contributed by atoms with van der Waals surface area (Å²) in [5, 5.41) is 3.29. The molecule has 114 valence electrons. The van der Waals surface area contributed by atoms with Gasteiger partial charge in [-0.25, -0.2) is 13.1 Å². The molecule has 0 radical (unpaired) electrons. The fourth-order valence-electron chi connectivity index (χ4n) is 2.58. The highest BCUT2D eigenvalue weighted by molar-refractivity contribution is 7.91. The molecule has 6 heteroatoms. The third kappa shape index (κ3) is 4.28. The third-order valence-corrected chi connectivity index (χ3v) is 6.74. The van der Waals surface area contributed by atoms with E-state index in [1.165, 1.54) is 11.3 Å². The molecule has 1 aromatic rings. The Hall–Kier alpha value is -0.430. The second-order valence-corrected chi connectivity index (χ2v) is 8.74. The van der Waals surface area contributed by atoms with Crippen LogP contribution in [-0.2, 0) is 16.6 Å². The van der Waals surface area contributed by atoms with Crippen molar-refractivity contribution in [1.82, 2.24) is 10.0 Å². The second-order valence-electron chi connectivity index (χ2n) is 5.63. The van der Waals surface area contributed by atoms with Crippen LogP contribution in [-0.4, -0.2) is 21.0 Å². The van der Waals surface area contributed by atoms with E-state index in [0.29, 0.717) is 10.1 Å². The molecule has 0 saturated heterocycles. The Bertz CT molecular complexity index is 525. The van der Waals surface area contributed by atoms with Gasteiger partial charge < -0.3 is 5.32 Å². The van der Waals surface area contributed by atoms with Gasteiger partial charge in [0, 0.05) is 17.5 Å². The highest BCUT2D eigenvalue weighted by Gasteiger charge is 2.27. The standard InChI is InChI=1S/C14H24N2O2S2/c1-3-8-15-10-13-6-7-14(19-13)20(17,18)16-12-5-4-11(2)9-12/h6-7,11-12,15-16H,3-5,8-10H2,1-2H3. The normalized spacial score (nSPS) is 23.3. The summed E-state index contributed by atoms with van der Waals surface area (Å²) in [6.07, 6.45) is 4.11. The van der Waals surface area contributed by atoms with E-state index in [-0.39, 0.29) is 6.04 Å². The van der Waals surface area contributed by atoms with Crippen LogP contribution in [0.3, 0.4) is 0 Å². The molecule has 2 rings (SSSR count). The Morgan fingerprint density at radius 1 is 1.35 bits per heavy atom. The Kier molecular flexibility index (Phi) is 5.60. The predicted octanol–water partition coefficient (Wildman–Crippen LogP) is 2.71. The fourth-order valence-corrected chi connectivity index (χ4v) is 5.20. The van der Waals surface area contributed by atoms with E-state index in [1.807, 2.05) is 6.07 Å². The van der Waals surface area contributed by atoms with Crippen LogP contribution in [0, 0.1) is 5.92 Å². The number of hydrogen-bond acceptors (Lipinski definition) is 4. The zero-order valence-electron chi connectivity index (χ0n) is 12.2. The summed E-state index contributed by atoms with van der Waals surface area (Å²) in [5.41, 5.74) is 0. The first-order chi connectivity index (χ1) is 9.51. The summed E-state index contributed by atoms with van der Waals surface area (Å²) in [7, 11) is -3.34. The molecular weight excluding hydrogens is 292 g/mol. The van der Waals surface area contributed by atoms with Crippen molar-refractivity contribution in [3.63, 3.8) is 0 Å². The first-order valence-corrected chi connectivity index (χ1v) is 9.63. The lowest BCUT2D eigenvalue weighted by Crippen LogP contribution is -2.32.